The zero-order valence-electron chi connectivity index (χ0n) is 9.91. The maximum Gasteiger partial charge on any atom is 0.0633 e. The van der Waals surface area contributed by atoms with Gasteiger partial charge in [-0.2, -0.15) is 0 Å². The van der Waals surface area contributed by atoms with E-state index in [4.69, 9.17) is 0 Å². The minimum absolute atomic E-state index is 0.0661. The van der Waals surface area contributed by atoms with Gasteiger partial charge in [0.2, 0.25) is 0 Å². The van der Waals surface area contributed by atoms with Gasteiger partial charge in [-0.3, -0.25) is 0 Å². The van der Waals surface area contributed by atoms with E-state index in [0.717, 1.165) is 17.3 Å². The lowest BCUT2D eigenvalue weighted by Crippen LogP contribution is -2.50. The fourth-order valence-corrected chi connectivity index (χ4v) is 2.90. The van der Waals surface area contributed by atoms with Crippen LogP contribution < -0.4 is 5.32 Å². The monoisotopic (exact) mass is 299 g/mol. The van der Waals surface area contributed by atoms with E-state index >= 15 is 0 Å². The molecule has 17 heavy (non-hydrogen) atoms. The molecule has 0 amide bonds. The van der Waals surface area contributed by atoms with Gasteiger partial charge in [-0.25, -0.2) is 0 Å². The third-order valence-electron chi connectivity index (χ3n) is 3.43. The SMILES string of the molecule is CC(CO)(CO)NC1CCc2c(Br)cccc21. The van der Waals surface area contributed by atoms with Crippen LogP contribution in [0, 0.1) is 0 Å². The van der Waals surface area contributed by atoms with E-state index < -0.39 is 5.54 Å². The highest BCUT2D eigenvalue weighted by atomic mass is 79.9. The fraction of sp³-hybridized carbons (Fsp3) is 0.538. The lowest BCUT2D eigenvalue weighted by molar-refractivity contribution is 0.0939. The number of aliphatic hydroxyl groups is 2. The number of aliphatic hydroxyl groups excluding tert-OH is 2. The molecule has 2 rings (SSSR count). The summed E-state index contributed by atoms with van der Waals surface area (Å²) < 4.78 is 1.15. The van der Waals surface area contributed by atoms with E-state index in [0.29, 0.717) is 0 Å². The normalized spacial score (nSPS) is 19.4. The van der Waals surface area contributed by atoms with Crippen LogP contribution in [0.25, 0.3) is 0 Å². The molecular weight excluding hydrogens is 282 g/mol. The number of nitrogens with one attached hydrogen (secondary N) is 1. The first-order valence-electron chi connectivity index (χ1n) is 5.86. The molecule has 0 radical (unpaired) electrons. The minimum Gasteiger partial charge on any atom is -0.394 e. The average Bonchev–Trinajstić information content (AvgIpc) is 2.74. The predicted molar refractivity (Wildman–Crippen MR) is 70.9 cm³/mol. The summed E-state index contributed by atoms with van der Waals surface area (Å²) in [6.45, 7) is 1.70. The van der Waals surface area contributed by atoms with Crippen molar-refractivity contribution < 1.29 is 10.2 Å². The van der Waals surface area contributed by atoms with Crippen LogP contribution in [0.3, 0.4) is 0 Å². The van der Waals surface area contributed by atoms with Crippen LogP contribution in [-0.4, -0.2) is 29.0 Å². The number of rotatable bonds is 4. The van der Waals surface area contributed by atoms with E-state index in [1.807, 2.05) is 13.0 Å². The van der Waals surface area contributed by atoms with Crippen molar-refractivity contribution in [3.05, 3.63) is 33.8 Å². The van der Waals surface area contributed by atoms with Gasteiger partial charge in [-0.05, 0) is 37.0 Å². The molecule has 0 bridgehead atoms. The predicted octanol–water partition coefficient (Wildman–Crippen LogP) is 1.77. The van der Waals surface area contributed by atoms with E-state index in [1.54, 1.807) is 0 Å². The third-order valence-corrected chi connectivity index (χ3v) is 4.18. The van der Waals surface area contributed by atoms with Gasteiger partial charge in [-0.15, -0.1) is 0 Å². The Balaban J connectivity index is 2.20. The largest absolute Gasteiger partial charge is 0.394 e. The molecule has 3 nitrogen and oxygen atoms in total. The van der Waals surface area contributed by atoms with Gasteiger partial charge in [0, 0.05) is 10.5 Å². The van der Waals surface area contributed by atoms with Gasteiger partial charge < -0.3 is 15.5 Å². The highest BCUT2D eigenvalue weighted by molar-refractivity contribution is 9.10. The quantitative estimate of drug-likeness (QED) is 0.794. The Kier molecular flexibility index (Phi) is 3.88. The molecule has 1 atom stereocenters. The summed E-state index contributed by atoms with van der Waals surface area (Å²) in [6, 6.07) is 6.41. The molecule has 0 aromatic heterocycles. The number of hydrogen-bond acceptors (Lipinski definition) is 3. The average molecular weight is 300 g/mol. The van der Waals surface area contributed by atoms with Crippen LogP contribution >= 0.6 is 15.9 Å². The van der Waals surface area contributed by atoms with Crippen LogP contribution in [0.4, 0.5) is 0 Å². The minimum atomic E-state index is -0.616. The van der Waals surface area contributed by atoms with Gasteiger partial charge in [-0.1, -0.05) is 28.1 Å². The molecule has 4 heteroatoms. The number of hydrogen-bond donors (Lipinski definition) is 3. The van der Waals surface area contributed by atoms with Crippen LogP contribution in [0.1, 0.15) is 30.5 Å². The van der Waals surface area contributed by atoms with Gasteiger partial charge in [0.1, 0.15) is 0 Å². The van der Waals surface area contributed by atoms with Crippen molar-refractivity contribution >= 4 is 15.9 Å². The standard InChI is InChI=1S/C13H18BrNO2/c1-13(7-16,8-17)15-12-6-5-9-10(12)3-2-4-11(9)14/h2-4,12,15-17H,5-8H2,1H3. The van der Waals surface area contributed by atoms with Crippen molar-refractivity contribution in [3.63, 3.8) is 0 Å². The Morgan fingerprint density at radius 2 is 2.12 bits per heavy atom. The number of halogens is 1. The first kappa shape index (κ1) is 13.0. The Labute approximate surface area is 110 Å². The lowest BCUT2D eigenvalue weighted by Gasteiger charge is -2.30. The first-order chi connectivity index (χ1) is 8.09. The molecule has 1 aliphatic rings. The van der Waals surface area contributed by atoms with Crippen molar-refractivity contribution in [2.24, 2.45) is 0 Å². The molecule has 0 spiro atoms. The number of fused-ring (bicyclic) bond motifs is 1. The van der Waals surface area contributed by atoms with Crippen molar-refractivity contribution in [3.8, 4) is 0 Å². The molecule has 94 valence electrons. The van der Waals surface area contributed by atoms with E-state index in [1.165, 1.54) is 11.1 Å². The highest BCUT2D eigenvalue weighted by Gasteiger charge is 2.31. The maximum absolute atomic E-state index is 9.32. The molecular formula is C13H18BrNO2. The molecule has 0 aliphatic heterocycles. The Bertz CT molecular complexity index is 404. The molecule has 0 fully saturated rings. The second kappa shape index (κ2) is 5.06. The lowest BCUT2D eigenvalue weighted by atomic mass is 10.0. The maximum atomic E-state index is 9.32. The molecule has 3 N–H and O–H groups in total. The molecule has 0 saturated heterocycles. The molecule has 1 aromatic rings. The van der Waals surface area contributed by atoms with E-state index in [9.17, 15) is 10.2 Å². The highest BCUT2D eigenvalue weighted by Crippen LogP contribution is 2.36. The summed E-state index contributed by atoms with van der Waals surface area (Å²) in [5, 5.41) is 22.0. The zero-order valence-corrected chi connectivity index (χ0v) is 11.5. The Morgan fingerprint density at radius 3 is 2.76 bits per heavy atom. The summed E-state index contributed by atoms with van der Waals surface area (Å²) in [4.78, 5) is 0. The Hall–Kier alpha value is -0.420. The van der Waals surface area contributed by atoms with Gasteiger partial charge in [0.25, 0.3) is 0 Å². The van der Waals surface area contributed by atoms with Crippen molar-refractivity contribution in [2.75, 3.05) is 13.2 Å². The fourth-order valence-electron chi connectivity index (χ4n) is 2.32. The van der Waals surface area contributed by atoms with E-state index in [2.05, 4.69) is 33.4 Å². The van der Waals surface area contributed by atoms with E-state index in [-0.39, 0.29) is 19.3 Å². The van der Waals surface area contributed by atoms with Crippen LogP contribution in [0.15, 0.2) is 22.7 Å². The first-order valence-corrected chi connectivity index (χ1v) is 6.65. The zero-order chi connectivity index (χ0) is 12.5. The molecule has 1 unspecified atom stereocenters. The smallest absolute Gasteiger partial charge is 0.0633 e. The van der Waals surface area contributed by atoms with Gasteiger partial charge in [0.15, 0.2) is 0 Å². The summed E-state index contributed by atoms with van der Waals surface area (Å²) in [5.74, 6) is 0. The van der Waals surface area contributed by atoms with Crippen LogP contribution in [-0.2, 0) is 6.42 Å². The van der Waals surface area contributed by atoms with Crippen molar-refractivity contribution in [1.82, 2.24) is 5.32 Å². The van der Waals surface area contributed by atoms with Gasteiger partial charge in [0.05, 0.1) is 18.8 Å². The number of benzene rings is 1. The van der Waals surface area contributed by atoms with Crippen molar-refractivity contribution in [2.45, 2.75) is 31.3 Å². The Morgan fingerprint density at radius 1 is 1.41 bits per heavy atom. The topological polar surface area (TPSA) is 52.5 Å². The third kappa shape index (κ3) is 2.55. The second-order valence-electron chi connectivity index (χ2n) is 4.92. The van der Waals surface area contributed by atoms with Crippen LogP contribution in [0.2, 0.25) is 0 Å². The summed E-state index contributed by atoms with van der Waals surface area (Å²) >= 11 is 3.56. The second-order valence-corrected chi connectivity index (χ2v) is 5.77. The molecule has 1 aromatic carbocycles. The summed E-state index contributed by atoms with van der Waals surface area (Å²) in [6.07, 6.45) is 2.04. The molecule has 1 aliphatic carbocycles. The van der Waals surface area contributed by atoms with Crippen molar-refractivity contribution in [1.29, 1.82) is 0 Å². The molecule has 0 heterocycles. The molecule has 0 saturated carbocycles. The summed E-state index contributed by atoms with van der Waals surface area (Å²) in [5.41, 5.74) is 1.99. The summed E-state index contributed by atoms with van der Waals surface area (Å²) in [7, 11) is 0. The van der Waals surface area contributed by atoms with Crippen LogP contribution in [0.5, 0.6) is 0 Å². The van der Waals surface area contributed by atoms with Gasteiger partial charge >= 0.3 is 0 Å².